The normalized spacial score (nSPS) is 11.6. The molecule has 0 aliphatic carbocycles. The number of hydrogen-bond acceptors (Lipinski definition) is 5. The molecule has 0 spiro atoms. The number of benzene rings is 1. The summed E-state index contributed by atoms with van der Waals surface area (Å²) < 4.78 is 24.1. The molecule has 1 aromatic heterocycles. The fourth-order valence-corrected chi connectivity index (χ4v) is 2.12. The molecule has 1 heterocycles. The Balaban J connectivity index is 1.85. The number of aromatic nitrogens is 2. The molecule has 6 nitrogen and oxygen atoms in total. The molecule has 0 fully saturated rings. The molecule has 2 N–H and O–H groups in total. The Hall–Kier alpha value is -1.73. The number of nitrogens with one attached hydrogen (secondary N) is 2. The van der Waals surface area contributed by atoms with Gasteiger partial charge in [-0.2, -0.15) is 0 Å². The topological polar surface area (TPSA) is 84.0 Å². The highest BCUT2D eigenvalue weighted by atomic mass is 32.2. The average Bonchev–Trinajstić information content (AvgIpc) is 2.37. The molecule has 0 atom stereocenters. The smallest absolute Gasteiger partial charge is 0.208 e. The zero-order chi connectivity index (χ0) is 13.7. The van der Waals surface area contributed by atoms with Crippen molar-refractivity contribution in [3.63, 3.8) is 0 Å². The van der Waals surface area contributed by atoms with Crippen LogP contribution in [0.1, 0.15) is 6.42 Å². The van der Waals surface area contributed by atoms with Crippen LogP contribution >= 0.6 is 0 Å². The lowest BCUT2D eigenvalue weighted by Crippen LogP contribution is -2.24. The summed E-state index contributed by atoms with van der Waals surface area (Å²) in [4.78, 5) is 8.69. The minimum absolute atomic E-state index is 0.410. The van der Waals surface area contributed by atoms with Crippen molar-refractivity contribution in [2.24, 2.45) is 0 Å². The third-order valence-corrected chi connectivity index (χ3v) is 3.20. The molecular formula is C12H16N4O2S. The molecule has 0 radical (unpaired) electrons. The molecule has 0 unspecified atom stereocenters. The molecule has 0 amide bonds. The van der Waals surface area contributed by atoms with Gasteiger partial charge in [0.2, 0.25) is 10.0 Å². The zero-order valence-electron chi connectivity index (χ0n) is 10.6. The molecule has 2 rings (SSSR count). The van der Waals surface area contributed by atoms with E-state index in [2.05, 4.69) is 20.0 Å². The van der Waals surface area contributed by atoms with Crippen molar-refractivity contribution in [1.82, 2.24) is 14.7 Å². The number of nitrogens with zero attached hydrogens (tertiary/aromatic N) is 2. The van der Waals surface area contributed by atoms with Crippen molar-refractivity contribution in [3.8, 4) is 0 Å². The summed E-state index contributed by atoms with van der Waals surface area (Å²) in [6.45, 7) is 1.04. The summed E-state index contributed by atoms with van der Waals surface area (Å²) in [6.07, 6.45) is 3.50. The van der Waals surface area contributed by atoms with Crippen LogP contribution in [0, 0.1) is 0 Å². The maximum Gasteiger partial charge on any atom is 0.208 e. The highest BCUT2D eigenvalue weighted by Crippen LogP contribution is 2.10. The minimum Gasteiger partial charge on any atom is -0.369 e. The van der Waals surface area contributed by atoms with E-state index in [1.54, 1.807) is 6.20 Å². The quantitative estimate of drug-likeness (QED) is 0.771. The minimum atomic E-state index is -3.10. The second-order valence-electron chi connectivity index (χ2n) is 4.19. The van der Waals surface area contributed by atoms with Gasteiger partial charge >= 0.3 is 0 Å². The monoisotopic (exact) mass is 280 g/mol. The summed E-state index contributed by atoms with van der Waals surface area (Å²) in [7, 11) is -3.10. The fourth-order valence-electron chi connectivity index (χ4n) is 1.60. The van der Waals surface area contributed by atoms with Gasteiger partial charge in [0.05, 0.1) is 23.5 Å². The Kier molecular flexibility index (Phi) is 4.28. The van der Waals surface area contributed by atoms with E-state index in [0.29, 0.717) is 25.3 Å². The van der Waals surface area contributed by atoms with Gasteiger partial charge in [-0.15, -0.1) is 0 Å². The lowest BCUT2D eigenvalue weighted by Gasteiger charge is -2.06. The number of para-hydroxylation sites is 2. The Bertz CT molecular complexity index is 658. The van der Waals surface area contributed by atoms with E-state index in [1.165, 1.54) is 0 Å². The van der Waals surface area contributed by atoms with Crippen LogP contribution in [0.2, 0.25) is 0 Å². The molecular weight excluding hydrogens is 264 g/mol. The van der Waals surface area contributed by atoms with Crippen LogP contribution in [0.4, 0.5) is 5.82 Å². The number of rotatable bonds is 6. The predicted octanol–water partition coefficient (Wildman–Crippen LogP) is 0.981. The van der Waals surface area contributed by atoms with E-state index in [-0.39, 0.29) is 0 Å². The third-order valence-electron chi connectivity index (χ3n) is 2.47. The molecule has 102 valence electrons. The summed E-state index contributed by atoms with van der Waals surface area (Å²) >= 11 is 0. The van der Waals surface area contributed by atoms with Gasteiger partial charge < -0.3 is 5.32 Å². The zero-order valence-corrected chi connectivity index (χ0v) is 11.4. The summed E-state index contributed by atoms with van der Waals surface area (Å²) in [5.41, 5.74) is 1.69. The van der Waals surface area contributed by atoms with E-state index in [4.69, 9.17) is 0 Å². The Labute approximate surface area is 112 Å². The Morgan fingerprint density at radius 1 is 1.16 bits per heavy atom. The van der Waals surface area contributed by atoms with Crippen LogP contribution in [0.5, 0.6) is 0 Å². The third kappa shape index (κ3) is 4.46. The highest BCUT2D eigenvalue weighted by Gasteiger charge is 2.00. The van der Waals surface area contributed by atoms with Crippen LogP contribution in [-0.4, -0.2) is 37.7 Å². The lowest BCUT2D eigenvalue weighted by molar-refractivity contribution is 0.586. The molecule has 7 heteroatoms. The van der Waals surface area contributed by atoms with Crippen LogP contribution in [0.15, 0.2) is 30.5 Å². The van der Waals surface area contributed by atoms with E-state index in [9.17, 15) is 8.42 Å². The maximum absolute atomic E-state index is 10.9. The van der Waals surface area contributed by atoms with Gasteiger partial charge in [-0.25, -0.2) is 18.1 Å². The first kappa shape index (κ1) is 13.7. The van der Waals surface area contributed by atoms with Crippen molar-refractivity contribution >= 4 is 26.9 Å². The molecule has 19 heavy (non-hydrogen) atoms. The molecule has 0 saturated carbocycles. The van der Waals surface area contributed by atoms with Crippen LogP contribution < -0.4 is 10.0 Å². The van der Waals surface area contributed by atoms with E-state index in [1.807, 2.05) is 24.3 Å². The number of anilines is 1. The first-order valence-electron chi connectivity index (χ1n) is 5.95. The molecule has 0 aliphatic rings. The van der Waals surface area contributed by atoms with Gasteiger partial charge in [-0.05, 0) is 18.6 Å². The first-order valence-corrected chi connectivity index (χ1v) is 7.84. The van der Waals surface area contributed by atoms with Gasteiger partial charge in [-0.1, -0.05) is 12.1 Å². The Morgan fingerprint density at radius 3 is 2.63 bits per heavy atom. The van der Waals surface area contributed by atoms with Gasteiger partial charge in [0.15, 0.2) is 0 Å². The van der Waals surface area contributed by atoms with Crippen molar-refractivity contribution < 1.29 is 8.42 Å². The van der Waals surface area contributed by atoms with Crippen LogP contribution in [0.25, 0.3) is 11.0 Å². The summed E-state index contributed by atoms with van der Waals surface area (Å²) in [5.74, 6) is 0.693. The maximum atomic E-state index is 10.9. The predicted molar refractivity (Wildman–Crippen MR) is 75.5 cm³/mol. The van der Waals surface area contributed by atoms with Crippen LogP contribution in [-0.2, 0) is 10.0 Å². The van der Waals surface area contributed by atoms with Gasteiger partial charge in [-0.3, -0.25) is 4.98 Å². The Morgan fingerprint density at radius 2 is 1.89 bits per heavy atom. The molecule has 2 aromatic rings. The summed E-state index contributed by atoms with van der Waals surface area (Å²) in [6, 6.07) is 7.64. The van der Waals surface area contributed by atoms with Crippen LogP contribution in [0.3, 0.4) is 0 Å². The second kappa shape index (κ2) is 5.94. The fraction of sp³-hybridized carbons (Fsp3) is 0.333. The van der Waals surface area contributed by atoms with Crippen molar-refractivity contribution in [2.75, 3.05) is 24.7 Å². The SMILES string of the molecule is CS(=O)(=O)NCCCNc1cnc2ccccc2n1. The highest BCUT2D eigenvalue weighted by molar-refractivity contribution is 7.88. The molecule has 1 aromatic carbocycles. The van der Waals surface area contributed by atoms with Gasteiger partial charge in [0.25, 0.3) is 0 Å². The van der Waals surface area contributed by atoms with E-state index < -0.39 is 10.0 Å². The average molecular weight is 280 g/mol. The lowest BCUT2D eigenvalue weighted by atomic mass is 10.3. The second-order valence-corrected chi connectivity index (χ2v) is 6.02. The van der Waals surface area contributed by atoms with Crippen molar-refractivity contribution in [1.29, 1.82) is 0 Å². The molecule has 0 saturated heterocycles. The van der Waals surface area contributed by atoms with E-state index >= 15 is 0 Å². The molecule has 0 bridgehead atoms. The standard InChI is InChI=1S/C12H16N4O2S/c1-19(17,18)15-8-4-7-13-12-9-14-10-5-2-3-6-11(10)16-12/h2-3,5-6,9,15H,4,7-8H2,1H3,(H,13,16). The number of hydrogen-bond donors (Lipinski definition) is 2. The number of fused-ring (bicyclic) bond motifs is 1. The molecule has 0 aliphatic heterocycles. The van der Waals surface area contributed by atoms with Gasteiger partial charge in [0, 0.05) is 13.1 Å². The van der Waals surface area contributed by atoms with Gasteiger partial charge in [0.1, 0.15) is 5.82 Å². The largest absolute Gasteiger partial charge is 0.369 e. The number of sulfonamides is 1. The van der Waals surface area contributed by atoms with Crippen molar-refractivity contribution in [3.05, 3.63) is 30.5 Å². The summed E-state index contributed by atoms with van der Waals surface area (Å²) in [5, 5.41) is 3.11. The van der Waals surface area contributed by atoms with Crippen molar-refractivity contribution in [2.45, 2.75) is 6.42 Å². The van der Waals surface area contributed by atoms with E-state index in [0.717, 1.165) is 17.3 Å². The first-order chi connectivity index (χ1) is 9.04.